The van der Waals surface area contributed by atoms with Gasteiger partial charge in [0.25, 0.3) is 0 Å². The number of hydrogen-bond donors (Lipinski definition) is 1. The Labute approximate surface area is 68.0 Å². The molecule has 0 unspecified atom stereocenters. The SMILES string of the molecule is Nc1ncn(Cc2cocn2)n1. The molecule has 62 valence electrons. The molecule has 6 nitrogen and oxygen atoms in total. The Morgan fingerprint density at radius 1 is 1.50 bits per heavy atom. The molecule has 0 bridgehead atoms. The molecule has 0 amide bonds. The lowest BCUT2D eigenvalue weighted by Crippen LogP contribution is -2.00. The van der Waals surface area contributed by atoms with Crippen molar-refractivity contribution < 1.29 is 4.42 Å². The van der Waals surface area contributed by atoms with Crippen molar-refractivity contribution in [3.8, 4) is 0 Å². The fourth-order valence-electron chi connectivity index (χ4n) is 0.867. The first-order valence-corrected chi connectivity index (χ1v) is 3.36. The van der Waals surface area contributed by atoms with Crippen LogP contribution in [0.5, 0.6) is 0 Å². The van der Waals surface area contributed by atoms with Crippen molar-refractivity contribution in [1.29, 1.82) is 0 Å². The van der Waals surface area contributed by atoms with Crippen LogP contribution in [0, 0.1) is 0 Å². The summed E-state index contributed by atoms with van der Waals surface area (Å²) >= 11 is 0. The molecule has 0 saturated heterocycles. The van der Waals surface area contributed by atoms with Crippen molar-refractivity contribution in [2.75, 3.05) is 5.73 Å². The van der Waals surface area contributed by atoms with Crippen LogP contribution in [0.4, 0.5) is 5.95 Å². The van der Waals surface area contributed by atoms with Crippen molar-refractivity contribution in [3.63, 3.8) is 0 Å². The van der Waals surface area contributed by atoms with E-state index in [4.69, 9.17) is 10.2 Å². The number of anilines is 1. The molecule has 0 radical (unpaired) electrons. The smallest absolute Gasteiger partial charge is 0.239 e. The van der Waals surface area contributed by atoms with Gasteiger partial charge in [0.05, 0.1) is 6.54 Å². The second kappa shape index (κ2) is 2.65. The fourth-order valence-corrected chi connectivity index (χ4v) is 0.867. The van der Waals surface area contributed by atoms with E-state index in [1.54, 1.807) is 17.3 Å². The first kappa shape index (κ1) is 6.84. The third-order valence-electron chi connectivity index (χ3n) is 1.36. The second-order valence-electron chi connectivity index (χ2n) is 2.28. The molecule has 2 heterocycles. The summed E-state index contributed by atoms with van der Waals surface area (Å²) in [6.45, 7) is 0.528. The fraction of sp³-hybridized carbons (Fsp3) is 0.167. The van der Waals surface area contributed by atoms with Crippen molar-refractivity contribution in [1.82, 2.24) is 19.7 Å². The molecule has 0 spiro atoms. The summed E-state index contributed by atoms with van der Waals surface area (Å²) in [6, 6.07) is 0. The van der Waals surface area contributed by atoms with Gasteiger partial charge in [-0.25, -0.2) is 14.6 Å². The Morgan fingerprint density at radius 3 is 3.00 bits per heavy atom. The van der Waals surface area contributed by atoms with E-state index in [1.165, 1.54) is 6.39 Å². The molecular formula is C6H7N5O. The lowest BCUT2D eigenvalue weighted by atomic mass is 10.5. The first-order chi connectivity index (χ1) is 5.84. The van der Waals surface area contributed by atoms with Crippen LogP contribution in [0.1, 0.15) is 5.69 Å². The molecule has 0 atom stereocenters. The zero-order valence-corrected chi connectivity index (χ0v) is 6.21. The van der Waals surface area contributed by atoms with Crippen LogP contribution in [0.15, 0.2) is 23.4 Å². The molecule has 2 aromatic heterocycles. The van der Waals surface area contributed by atoms with E-state index in [0.717, 1.165) is 5.69 Å². The van der Waals surface area contributed by atoms with Gasteiger partial charge in [-0.15, -0.1) is 5.10 Å². The van der Waals surface area contributed by atoms with Crippen LogP contribution in [0.3, 0.4) is 0 Å². The number of oxazole rings is 1. The molecule has 0 fully saturated rings. The standard InChI is InChI=1S/C6H7N5O/c7-6-8-3-11(10-6)1-5-2-12-4-9-5/h2-4H,1H2,(H2,7,10). The number of hydrogen-bond acceptors (Lipinski definition) is 5. The minimum Gasteiger partial charge on any atom is -0.451 e. The van der Waals surface area contributed by atoms with E-state index in [2.05, 4.69) is 15.1 Å². The van der Waals surface area contributed by atoms with Crippen molar-refractivity contribution in [2.45, 2.75) is 6.54 Å². The van der Waals surface area contributed by atoms with Crippen LogP contribution in [-0.2, 0) is 6.54 Å². The minimum absolute atomic E-state index is 0.262. The van der Waals surface area contributed by atoms with Gasteiger partial charge in [0.1, 0.15) is 18.3 Å². The summed E-state index contributed by atoms with van der Waals surface area (Å²) in [7, 11) is 0. The number of nitrogen functional groups attached to an aromatic ring is 1. The predicted molar refractivity (Wildman–Crippen MR) is 40.0 cm³/mol. The average Bonchev–Trinajstić information content (AvgIpc) is 2.63. The highest BCUT2D eigenvalue weighted by molar-refractivity contribution is 5.09. The maximum atomic E-state index is 5.32. The predicted octanol–water partition coefficient (Wildman–Crippen LogP) is -0.103. The Morgan fingerprint density at radius 2 is 2.42 bits per heavy atom. The first-order valence-electron chi connectivity index (χ1n) is 3.36. The van der Waals surface area contributed by atoms with Crippen molar-refractivity contribution in [2.24, 2.45) is 0 Å². The molecule has 0 aromatic carbocycles. The lowest BCUT2D eigenvalue weighted by molar-refractivity contribution is 0.554. The second-order valence-corrected chi connectivity index (χ2v) is 2.28. The zero-order valence-electron chi connectivity index (χ0n) is 6.21. The lowest BCUT2D eigenvalue weighted by Gasteiger charge is -1.92. The number of nitrogens with zero attached hydrogens (tertiary/aromatic N) is 4. The number of nitrogens with two attached hydrogens (primary N) is 1. The molecule has 0 aliphatic rings. The molecular weight excluding hydrogens is 158 g/mol. The molecule has 6 heteroatoms. The minimum atomic E-state index is 0.262. The van der Waals surface area contributed by atoms with Crippen molar-refractivity contribution >= 4 is 5.95 Å². The molecule has 0 saturated carbocycles. The van der Waals surface area contributed by atoms with E-state index in [0.29, 0.717) is 6.54 Å². The molecule has 2 N–H and O–H groups in total. The summed E-state index contributed by atoms with van der Waals surface area (Å²) in [4.78, 5) is 7.69. The van der Waals surface area contributed by atoms with Crippen LogP contribution in [-0.4, -0.2) is 19.7 Å². The van der Waals surface area contributed by atoms with E-state index in [1.807, 2.05) is 0 Å². The zero-order chi connectivity index (χ0) is 8.39. The van der Waals surface area contributed by atoms with Crippen LogP contribution >= 0.6 is 0 Å². The third-order valence-corrected chi connectivity index (χ3v) is 1.36. The Kier molecular flexibility index (Phi) is 1.51. The molecule has 12 heavy (non-hydrogen) atoms. The van der Waals surface area contributed by atoms with Gasteiger partial charge in [-0.05, 0) is 0 Å². The van der Waals surface area contributed by atoms with E-state index >= 15 is 0 Å². The van der Waals surface area contributed by atoms with Crippen LogP contribution in [0.2, 0.25) is 0 Å². The Balaban J connectivity index is 2.14. The van der Waals surface area contributed by atoms with E-state index in [9.17, 15) is 0 Å². The highest BCUT2D eigenvalue weighted by atomic mass is 16.3. The molecule has 0 aliphatic heterocycles. The maximum Gasteiger partial charge on any atom is 0.239 e. The molecule has 2 rings (SSSR count). The van der Waals surface area contributed by atoms with Crippen LogP contribution < -0.4 is 5.73 Å². The topological polar surface area (TPSA) is 82.8 Å². The van der Waals surface area contributed by atoms with Gasteiger partial charge in [0.15, 0.2) is 6.39 Å². The molecule has 2 aromatic rings. The Hall–Kier alpha value is -1.85. The monoisotopic (exact) mass is 165 g/mol. The summed E-state index contributed by atoms with van der Waals surface area (Å²) in [5.41, 5.74) is 6.11. The third kappa shape index (κ3) is 1.26. The summed E-state index contributed by atoms with van der Waals surface area (Å²) in [5, 5.41) is 3.89. The van der Waals surface area contributed by atoms with Gasteiger partial charge in [-0.3, -0.25) is 0 Å². The van der Waals surface area contributed by atoms with Gasteiger partial charge in [-0.1, -0.05) is 0 Å². The summed E-state index contributed by atoms with van der Waals surface area (Å²) in [6.07, 6.45) is 4.47. The quantitative estimate of drug-likeness (QED) is 0.671. The summed E-state index contributed by atoms with van der Waals surface area (Å²) < 4.78 is 6.38. The summed E-state index contributed by atoms with van der Waals surface area (Å²) in [5.74, 6) is 0.262. The highest BCUT2D eigenvalue weighted by Gasteiger charge is 1.99. The number of rotatable bonds is 2. The van der Waals surface area contributed by atoms with Gasteiger partial charge in [0, 0.05) is 0 Å². The highest BCUT2D eigenvalue weighted by Crippen LogP contribution is 1.98. The van der Waals surface area contributed by atoms with E-state index in [-0.39, 0.29) is 5.95 Å². The van der Waals surface area contributed by atoms with E-state index < -0.39 is 0 Å². The van der Waals surface area contributed by atoms with Gasteiger partial charge in [-0.2, -0.15) is 0 Å². The maximum absolute atomic E-state index is 5.32. The average molecular weight is 165 g/mol. The van der Waals surface area contributed by atoms with Gasteiger partial charge >= 0.3 is 0 Å². The number of aromatic nitrogens is 4. The van der Waals surface area contributed by atoms with Gasteiger partial charge < -0.3 is 10.2 Å². The van der Waals surface area contributed by atoms with Crippen LogP contribution in [0.25, 0.3) is 0 Å². The molecule has 0 aliphatic carbocycles. The Bertz CT molecular complexity index is 352. The normalized spacial score (nSPS) is 10.3. The van der Waals surface area contributed by atoms with Gasteiger partial charge in [0.2, 0.25) is 5.95 Å². The largest absolute Gasteiger partial charge is 0.451 e. The van der Waals surface area contributed by atoms with Crippen molar-refractivity contribution in [3.05, 3.63) is 24.7 Å².